The average Bonchev–Trinajstić information content (AvgIpc) is 3.06. The van der Waals surface area contributed by atoms with Crippen molar-refractivity contribution in [3.8, 4) is 0 Å². The number of aromatic nitrogens is 2. The van der Waals surface area contributed by atoms with E-state index in [1.165, 1.54) is 25.7 Å². The fourth-order valence-electron chi connectivity index (χ4n) is 3.15. The van der Waals surface area contributed by atoms with Crippen LogP contribution in [-0.2, 0) is 0 Å². The molecule has 1 unspecified atom stereocenters. The molecule has 0 amide bonds. The first-order valence-electron chi connectivity index (χ1n) is 6.86. The van der Waals surface area contributed by atoms with Gasteiger partial charge in [0.2, 0.25) is 0 Å². The highest BCUT2D eigenvalue weighted by Gasteiger charge is 2.24. The van der Waals surface area contributed by atoms with Crippen molar-refractivity contribution in [2.45, 2.75) is 38.6 Å². The monoisotopic (exact) mass is 258 g/mol. The summed E-state index contributed by atoms with van der Waals surface area (Å²) >= 11 is 0. The van der Waals surface area contributed by atoms with Crippen molar-refractivity contribution in [3.05, 3.63) is 30.1 Å². The van der Waals surface area contributed by atoms with Gasteiger partial charge in [-0.3, -0.25) is 0 Å². The molecule has 1 saturated carbocycles. The van der Waals surface area contributed by atoms with Crippen LogP contribution in [0.4, 0.5) is 0 Å². The molecule has 1 aliphatic carbocycles. The van der Waals surface area contributed by atoms with Gasteiger partial charge in [0, 0.05) is 6.04 Å². The van der Waals surface area contributed by atoms with Crippen molar-refractivity contribution in [1.82, 2.24) is 9.55 Å². The van der Waals surface area contributed by atoms with Crippen molar-refractivity contribution in [2.75, 3.05) is 0 Å². The van der Waals surface area contributed by atoms with Gasteiger partial charge in [-0.15, -0.1) is 0 Å². The topological polar surface area (TPSA) is 55.1 Å². The largest absolute Gasteiger partial charge is 0.478 e. The molecular weight excluding hydrogens is 240 g/mol. The summed E-state index contributed by atoms with van der Waals surface area (Å²) in [4.78, 5) is 15.5. The van der Waals surface area contributed by atoms with Crippen molar-refractivity contribution in [3.63, 3.8) is 0 Å². The quantitative estimate of drug-likeness (QED) is 0.916. The number of nitrogens with zero attached hydrogens (tertiary/aromatic N) is 2. The number of aromatic carboxylic acids is 1. The molecule has 0 bridgehead atoms. The Morgan fingerprint density at radius 2 is 2.16 bits per heavy atom. The molecule has 1 aromatic carbocycles. The lowest BCUT2D eigenvalue weighted by molar-refractivity contribution is 0.0697. The number of carbonyl (C=O) groups is 1. The lowest BCUT2D eigenvalue weighted by Gasteiger charge is -2.21. The molecule has 1 heterocycles. The predicted molar refractivity (Wildman–Crippen MR) is 73.4 cm³/mol. The van der Waals surface area contributed by atoms with E-state index in [0.29, 0.717) is 17.5 Å². The third-order valence-electron chi connectivity index (χ3n) is 4.34. The molecule has 4 heteroatoms. The summed E-state index contributed by atoms with van der Waals surface area (Å²) in [5, 5.41) is 9.09. The summed E-state index contributed by atoms with van der Waals surface area (Å²) in [5.74, 6) is -0.200. The second-order valence-corrected chi connectivity index (χ2v) is 5.45. The fraction of sp³-hybridized carbons (Fsp3) is 0.467. The van der Waals surface area contributed by atoms with Crippen LogP contribution in [0.25, 0.3) is 11.0 Å². The van der Waals surface area contributed by atoms with Gasteiger partial charge in [-0.2, -0.15) is 0 Å². The van der Waals surface area contributed by atoms with Crippen LogP contribution in [0.5, 0.6) is 0 Å². The highest BCUT2D eigenvalue weighted by Crippen LogP contribution is 2.35. The van der Waals surface area contributed by atoms with E-state index in [4.69, 9.17) is 5.11 Å². The number of fused-ring (bicyclic) bond motifs is 1. The predicted octanol–water partition coefficient (Wildman–Crippen LogP) is 3.49. The number of imidazole rings is 1. The molecular formula is C15H18N2O2. The summed E-state index contributed by atoms with van der Waals surface area (Å²) in [6, 6.07) is 5.52. The minimum Gasteiger partial charge on any atom is -0.478 e. The van der Waals surface area contributed by atoms with Crippen molar-refractivity contribution in [1.29, 1.82) is 0 Å². The minimum atomic E-state index is -0.886. The van der Waals surface area contributed by atoms with E-state index in [0.717, 1.165) is 11.0 Å². The van der Waals surface area contributed by atoms with Crippen LogP contribution in [0.2, 0.25) is 0 Å². The number of carboxylic acids is 1. The maximum absolute atomic E-state index is 11.1. The molecule has 19 heavy (non-hydrogen) atoms. The molecule has 1 aliphatic rings. The Balaban J connectivity index is 2.02. The molecule has 100 valence electrons. The first kappa shape index (κ1) is 12.2. The first-order chi connectivity index (χ1) is 9.16. The number of carboxylic acid groups (broad SMARTS) is 1. The summed E-state index contributed by atoms with van der Waals surface area (Å²) in [5.41, 5.74) is 2.13. The van der Waals surface area contributed by atoms with Crippen LogP contribution in [0.15, 0.2) is 24.5 Å². The second-order valence-electron chi connectivity index (χ2n) is 5.45. The fourth-order valence-corrected chi connectivity index (χ4v) is 3.15. The molecule has 0 radical (unpaired) electrons. The van der Waals surface area contributed by atoms with E-state index in [9.17, 15) is 4.79 Å². The van der Waals surface area contributed by atoms with Gasteiger partial charge < -0.3 is 9.67 Å². The Morgan fingerprint density at radius 1 is 1.42 bits per heavy atom. The lowest BCUT2D eigenvalue weighted by Crippen LogP contribution is -2.13. The zero-order chi connectivity index (χ0) is 13.4. The highest BCUT2D eigenvalue weighted by atomic mass is 16.4. The van der Waals surface area contributed by atoms with Gasteiger partial charge in [0.1, 0.15) is 0 Å². The van der Waals surface area contributed by atoms with Gasteiger partial charge in [0.15, 0.2) is 0 Å². The summed E-state index contributed by atoms with van der Waals surface area (Å²) < 4.78 is 2.14. The smallest absolute Gasteiger partial charge is 0.335 e. The Morgan fingerprint density at radius 3 is 2.84 bits per heavy atom. The standard InChI is InChI=1S/C15H18N2O2/c1-10(11-4-2-3-5-11)17-9-16-13-7-6-12(15(18)19)8-14(13)17/h6-11H,2-5H2,1H3,(H,18,19). The Hall–Kier alpha value is -1.84. The Kier molecular flexibility index (Phi) is 3.01. The van der Waals surface area contributed by atoms with E-state index in [1.807, 2.05) is 6.33 Å². The van der Waals surface area contributed by atoms with E-state index < -0.39 is 5.97 Å². The highest BCUT2D eigenvalue weighted by molar-refractivity contribution is 5.92. The molecule has 0 aliphatic heterocycles. The number of hydrogen-bond donors (Lipinski definition) is 1. The third kappa shape index (κ3) is 2.11. The summed E-state index contributed by atoms with van der Waals surface area (Å²) in [7, 11) is 0. The van der Waals surface area contributed by atoms with Crippen LogP contribution in [0, 0.1) is 5.92 Å². The van der Waals surface area contributed by atoms with Crippen LogP contribution < -0.4 is 0 Å². The van der Waals surface area contributed by atoms with Crippen molar-refractivity contribution < 1.29 is 9.90 Å². The molecule has 1 N–H and O–H groups in total. The zero-order valence-corrected chi connectivity index (χ0v) is 11.0. The van der Waals surface area contributed by atoms with Crippen LogP contribution in [0.3, 0.4) is 0 Å². The van der Waals surface area contributed by atoms with Crippen molar-refractivity contribution >= 4 is 17.0 Å². The van der Waals surface area contributed by atoms with Gasteiger partial charge >= 0.3 is 5.97 Å². The Labute approximate surface area is 112 Å². The zero-order valence-electron chi connectivity index (χ0n) is 11.0. The molecule has 1 atom stereocenters. The van der Waals surface area contributed by atoms with E-state index in [1.54, 1.807) is 18.2 Å². The Bertz CT molecular complexity index is 612. The molecule has 1 aromatic heterocycles. The molecule has 0 saturated heterocycles. The number of benzene rings is 1. The summed E-state index contributed by atoms with van der Waals surface area (Å²) in [6.45, 7) is 2.21. The van der Waals surface area contributed by atoms with Crippen LogP contribution >= 0.6 is 0 Å². The van der Waals surface area contributed by atoms with E-state index in [-0.39, 0.29) is 0 Å². The van der Waals surface area contributed by atoms with E-state index >= 15 is 0 Å². The van der Waals surface area contributed by atoms with Crippen molar-refractivity contribution in [2.24, 2.45) is 5.92 Å². The maximum atomic E-state index is 11.1. The average molecular weight is 258 g/mol. The van der Waals surface area contributed by atoms with Gasteiger partial charge in [-0.05, 0) is 43.9 Å². The molecule has 4 nitrogen and oxygen atoms in total. The van der Waals surface area contributed by atoms with Crippen LogP contribution in [-0.4, -0.2) is 20.6 Å². The van der Waals surface area contributed by atoms with Crippen LogP contribution in [0.1, 0.15) is 49.0 Å². The minimum absolute atomic E-state index is 0.327. The number of rotatable bonds is 3. The lowest BCUT2D eigenvalue weighted by atomic mass is 9.99. The molecule has 2 aromatic rings. The molecule has 0 spiro atoms. The second kappa shape index (κ2) is 4.68. The first-order valence-corrected chi connectivity index (χ1v) is 6.86. The van der Waals surface area contributed by atoms with Gasteiger partial charge in [0.25, 0.3) is 0 Å². The SMILES string of the molecule is CC(C1CCCC1)n1cnc2ccc(C(=O)O)cc21. The number of hydrogen-bond acceptors (Lipinski definition) is 2. The molecule has 1 fully saturated rings. The molecule has 3 rings (SSSR count). The van der Waals surface area contributed by atoms with Gasteiger partial charge in [0.05, 0.1) is 22.9 Å². The van der Waals surface area contributed by atoms with Gasteiger partial charge in [-0.1, -0.05) is 12.8 Å². The maximum Gasteiger partial charge on any atom is 0.335 e. The third-order valence-corrected chi connectivity index (χ3v) is 4.34. The van der Waals surface area contributed by atoms with Gasteiger partial charge in [-0.25, -0.2) is 9.78 Å². The normalized spacial score (nSPS) is 17.9. The van der Waals surface area contributed by atoms with E-state index in [2.05, 4.69) is 16.5 Å². The summed E-state index contributed by atoms with van der Waals surface area (Å²) in [6.07, 6.45) is 6.99.